The molecule has 3 aliphatic rings. The van der Waals surface area contributed by atoms with Gasteiger partial charge in [-0.25, -0.2) is 0 Å². The molecule has 3 nitrogen and oxygen atoms in total. The molecule has 0 N–H and O–H groups in total. The number of carbonyl (C=O) groups excluding carboxylic acids is 2. The van der Waals surface area contributed by atoms with Gasteiger partial charge in [0, 0.05) is 17.7 Å². The van der Waals surface area contributed by atoms with Gasteiger partial charge in [-0.3, -0.25) is 14.5 Å². The molecular weight excluding hydrogens is 274 g/mol. The Bertz CT molecular complexity index is 508. The summed E-state index contributed by atoms with van der Waals surface area (Å²) in [5.41, 5.74) is 1.24. The van der Waals surface area contributed by atoms with Crippen LogP contribution in [0.15, 0.2) is 23.3 Å². The smallest absolute Gasteiger partial charge is 0.256 e. The zero-order chi connectivity index (χ0) is 15.7. The number of amides is 2. The molecule has 1 heterocycles. The van der Waals surface area contributed by atoms with Gasteiger partial charge in [-0.2, -0.15) is 0 Å². The maximum absolute atomic E-state index is 11.9. The van der Waals surface area contributed by atoms with Gasteiger partial charge in [0.15, 0.2) is 0 Å². The SMILES string of the molecule is CC1=C(C)C(=O)N(CCCCCCC2CC3C=CC2C3)C1=O. The fourth-order valence-electron chi connectivity index (χ4n) is 4.28. The van der Waals surface area contributed by atoms with Crippen LogP contribution in [-0.2, 0) is 9.59 Å². The molecule has 3 unspecified atom stereocenters. The molecule has 22 heavy (non-hydrogen) atoms. The van der Waals surface area contributed by atoms with Crippen molar-refractivity contribution >= 4 is 11.8 Å². The highest BCUT2D eigenvalue weighted by atomic mass is 16.2. The van der Waals surface area contributed by atoms with Crippen molar-refractivity contribution in [3.63, 3.8) is 0 Å². The van der Waals surface area contributed by atoms with Gasteiger partial charge in [0.1, 0.15) is 0 Å². The number of unbranched alkanes of at least 4 members (excludes halogenated alkanes) is 3. The lowest BCUT2D eigenvalue weighted by atomic mass is 9.88. The summed E-state index contributed by atoms with van der Waals surface area (Å²) in [5.74, 6) is 2.49. The van der Waals surface area contributed by atoms with Gasteiger partial charge in [-0.15, -0.1) is 0 Å². The number of hydrogen-bond acceptors (Lipinski definition) is 2. The summed E-state index contributed by atoms with van der Waals surface area (Å²) >= 11 is 0. The minimum absolute atomic E-state index is 0.0868. The van der Waals surface area contributed by atoms with E-state index in [0.29, 0.717) is 17.7 Å². The maximum atomic E-state index is 11.9. The molecule has 0 aromatic carbocycles. The number of allylic oxidation sites excluding steroid dienone is 2. The van der Waals surface area contributed by atoms with E-state index in [2.05, 4.69) is 12.2 Å². The number of fused-ring (bicyclic) bond motifs is 2. The van der Waals surface area contributed by atoms with Crippen LogP contribution in [0.25, 0.3) is 0 Å². The summed E-state index contributed by atoms with van der Waals surface area (Å²) in [4.78, 5) is 25.3. The summed E-state index contributed by atoms with van der Waals surface area (Å²) in [5, 5.41) is 0. The van der Waals surface area contributed by atoms with Crippen molar-refractivity contribution < 1.29 is 9.59 Å². The van der Waals surface area contributed by atoms with E-state index in [9.17, 15) is 9.59 Å². The molecule has 2 aliphatic carbocycles. The van der Waals surface area contributed by atoms with Crippen molar-refractivity contribution in [2.75, 3.05) is 6.54 Å². The average Bonchev–Trinajstić information content (AvgIpc) is 3.18. The topological polar surface area (TPSA) is 37.4 Å². The van der Waals surface area contributed by atoms with Crippen LogP contribution in [0.3, 0.4) is 0 Å². The Kier molecular flexibility index (Phi) is 4.51. The van der Waals surface area contributed by atoms with Crippen molar-refractivity contribution in [1.82, 2.24) is 4.90 Å². The van der Waals surface area contributed by atoms with E-state index in [-0.39, 0.29) is 11.8 Å². The van der Waals surface area contributed by atoms with Gasteiger partial charge in [0.2, 0.25) is 0 Å². The minimum atomic E-state index is -0.0868. The fourth-order valence-corrected chi connectivity index (χ4v) is 4.28. The zero-order valence-corrected chi connectivity index (χ0v) is 13.8. The molecular formula is C19H27NO2. The van der Waals surface area contributed by atoms with Crippen LogP contribution in [0.2, 0.25) is 0 Å². The lowest BCUT2D eigenvalue weighted by Gasteiger charge is -2.18. The van der Waals surface area contributed by atoms with Crippen LogP contribution in [-0.4, -0.2) is 23.3 Å². The Labute approximate surface area is 133 Å². The maximum Gasteiger partial charge on any atom is 0.256 e. The van der Waals surface area contributed by atoms with Gasteiger partial charge in [0.05, 0.1) is 0 Å². The highest BCUT2D eigenvalue weighted by molar-refractivity contribution is 6.18. The van der Waals surface area contributed by atoms with Gasteiger partial charge < -0.3 is 0 Å². The lowest BCUT2D eigenvalue weighted by Crippen LogP contribution is -2.32. The molecule has 0 aromatic rings. The first-order valence-corrected chi connectivity index (χ1v) is 8.80. The van der Waals surface area contributed by atoms with Crippen molar-refractivity contribution in [1.29, 1.82) is 0 Å². The van der Waals surface area contributed by atoms with Crippen molar-refractivity contribution in [3.05, 3.63) is 23.3 Å². The van der Waals surface area contributed by atoms with Crippen LogP contribution < -0.4 is 0 Å². The van der Waals surface area contributed by atoms with E-state index in [1.54, 1.807) is 13.8 Å². The fraction of sp³-hybridized carbons (Fsp3) is 0.684. The second kappa shape index (κ2) is 6.39. The van der Waals surface area contributed by atoms with Crippen LogP contribution in [0.5, 0.6) is 0 Å². The number of nitrogens with zero attached hydrogens (tertiary/aromatic N) is 1. The molecule has 1 fully saturated rings. The van der Waals surface area contributed by atoms with Crippen molar-refractivity contribution in [2.45, 2.75) is 58.8 Å². The quantitative estimate of drug-likeness (QED) is 0.407. The Balaban J connectivity index is 1.29. The number of rotatable bonds is 7. The highest BCUT2D eigenvalue weighted by Crippen LogP contribution is 2.45. The van der Waals surface area contributed by atoms with E-state index in [1.165, 1.54) is 37.0 Å². The van der Waals surface area contributed by atoms with Gasteiger partial charge in [0.25, 0.3) is 11.8 Å². The molecule has 1 aliphatic heterocycles. The number of imide groups is 1. The molecule has 3 rings (SSSR count). The molecule has 1 saturated carbocycles. The first-order valence-electron chi connectivity index (χ1n) is 8.80. The van der Waals surface area contributed by atoms with Crippen molar-refractivity contribution in [3.8, 4) is 0 Å². The Morgan fingerprint density at radius 2 is 1.64 bits per heavy atom. The van der Waals surface area contributed by atoms with E-state index < -0.39 is 0 Å². The van der Waals surface area contributed by atoms with Gasteiger partial charge in [-0.1, -0.05) is 31.4 Å². The Morgan fingerprint density at radius 3 is 2.23 bits per heavy atom. The molecule has 3 heteroatoms. The van der Waals surface area contributed by atoms with E-state index in [1.807, 2.05) is 0 Å². The third kappa shape index (κ3) is 2.90. The lowest BCUT2D eigenvalue weighted by molar-refractivity contribution is -0.137. The largest absolute Gasteiger partial charge is 0.275 e. The van der Waals surface area contributed by atoms with E-state index in [4.69, 9.17) is 0 Å². The average molecular weight is 301 g/mol. The third-order valence-electron chi connectivity index (χ3n) is 5.82. The molecule has 0 radical (unpaired) electrons. The van der Waals surface area contributed by atoms with E-state index >= 15 is 0 Å². The van der Waals surface area contributed by atoms with Crippen LogP contribution in [0.4, 0.5) is 0 Å². The monoisotopic (exact) mass is 301 g/mol. The predicted molar refractivity (Wildman–Crippen MR) is 87.0 cm³/mol. The molecule has 2 amide bonds. The van der Waals surface area contributed by atoms with Crippen LogP contribution >= 0.6 is 0 Å². The predicted octanol–water partition coefficient (Wildman–Crippen LogP) is 3.85. The second-order valence-corrected chi connectivity index (χ2v) is 7.26. The normalized spacial score (nSPS) is 30.3. The standard InChI is InChI=1S/C19H27NO2/c1-13-14(2)19(22)20(18(13)21)10-6-4-3-5-7-16-11-15-8-9-17(16)12-15/h8-9,15-17H,3-7,10-12H2,1-2H3. The van der Waals surface area contributed by atoms with Gasteiger partial charge >= 0.3 is 0 Å². The van der Waals surface area contributed by atoms with Crippen LogP contribution in [0, 0.1) is 17.8 Å². The first kappa shape index (κ1) is 15.5. The van der Waals surface area contributed by atoms with Crippen LogP contribution in [0.1, 0.15) is 58.8 Å². The van der Waals surface area contributed by atoms with Crippen molar-refractivity contribution in [2.24, 2.45) is 17.8 Å². The number of hydrogen-bond donors (Lipinski definition) is 0. The Morgan fingerprint density at radius 1 is 0.955 bits per heavy atom. The summed E-state index contributed by atoms with van der Waals surface area (Å²) in [6.45, 7) is 4.09. The minimum Gasteiger partial charge on any atom is -0.275 e. The molecule has 120 valence electrons. The zero-order valence-electron chi connectivity index (χ0n) is 13.8. The second-order valence-electron chi connectivity index (χ2n) is 7.26. The number of carbonyl (C=O) groups is 2. The van der Waals surface area contributed by atoms with Gasteiger partial charge in [-0.05, 0) is 57.3 Å². The summed E-state index contributed by atoms with van der Waals surface area (Å²) < 4.78 is 0. The van der Waals surface area contributed by atoms with E-state index in [0.717, 1.165) is 30.6 Å². The molecule has 0 saturated heterocycles. The molecule has 0 aromatic heterocycles. The molecule has 2 bridgehead atoms. The molecule has 0 spiro atoms. The summed E-state index contributed by atoms with van der Waals surface area (Å²) in [6.07, 6.45) is 13.6. The highest BCUT2D eigenvalue weighted by Gasteiger charge is 2.35. The first-order chi connectivity index (χ1) is 10.6. The summed E-state index contributed by atoms with van der Waals surface area (Å²) in [6, 6.07) is 0. The molecule has 3 atom stereocenters. The summed E-state index contributed by atoms with van der Waals surface area (Å²) in [7, 11) is 0. The Hall–Kier alpha value is -1.38. The third-order valence-corrected chi connectivity index (χ3v) is 5.82.